The second kappa shape index (κ2) is 8.57. The molecule has 2 rings (SSSR count). The highest BCUT2D eigenvalue weighted by atomic mass is 16.5. The molecule has 0 bridgehead atoms. The summed E-state index contributed by atoms with van der Waals surface area (Å²) in [6, 6.07) is 7.05. The molecule has 24 heavy (non-hydrogen) atoms. The lowest BCUT2D eigenvalue weighted by Crippen LogP contribution is -2.59. The van der Waals surface area contributed by atoms with Gasteiger partial charge >= 0.3 is 6.03 Å². The summed E-state index contributed by atoms with van der Waals surface area (Å²) in [4.78, 5) is 28.3. The van der Waals surface area contributed by atoms with Crippen LogP contribution in [-0.2, 0) is 11.3 Å². The van der Waals surface area contributed by atoms with E-state index in [4.69, 9.17) is 4.74 Å². The van der Waals surface area contributed by atoms with Crippen LogP contribution in [0, 0.1) is 0 Å². The maximum Gasteiger partial charge on any atom is 0.318 e. The van der Waals surface area contributed by atoms with Crippen LogP contribution in [0.15, 0.2) is 24.3 Å². The molecular formula is C18H27N3O3. The predicted molar refractivity (Wildman–Crippen MR) is 92.9 cm³/mol. The standard InChI is InChI=1S/C18H27N3O3/c1-4-5-6-16-17(22)20(2)11-12-21(16)18(23)19-13-14-7-9-15(24-3)10-8-14/h7-10,16H,4-6,11-13H2,1-3H3,(H,19,23)/t16-/m1/s1. The Kier molecular flexibility index (Phi) is 6.46. The molecule has 6 heteroatoms. The Morgan fingerprint density at radius 3 is 2.62 bits per heavy atom. The topological polar surface area (TPSA) is 61.9 Å². The molecule has 0 radical (unpaired) electrons. The largest absolute Gasteiger partial charge is 0.497 e. The molecule has 3 amide bonds. The Balaban J connectivity index is 1.96. The molecule has 0 spiro atoms. The normalized spacial score (nSPS) is 17.8. The van der Waals surface area contributed by atoms with Crippen molar-refractivity contribution >= 4 is 11.9 Å². The van der Waals surface area contributed by atoms with E-state index in [9.17, 15) is 9.59 Å². The Labute approximate surface area is 143 Å². The van der Waals surface area contributed by atoms with Crippen LogP contribution in [-0.4, -0.2) is 55.0 Å². The summed E-state index contributed by atoms with van der Waals surface area (Å²) < 4.78 is 5.13. The number of nitrogens with one attached hydrogen (secondary N) is 1. The molecule has 1 aromatic carbocycles. The molecule has 0 aliphatic carbocycles. The number of amides is 3. The number of carbonyl (C=O) groups excluding carboxylic acids is 2. The van der Waals surface area contributed by atoms with Crippen molar-refractivity contribution < 1.29 is 14.3 Å². The van der Waals surface area contributed by atoms with Crippen LogP contribution >= 0.6 is 0 Å². The van der Waals surface area contributed by atoms with Gasteiger partial charge in [-0.3, -0.25) is 4.79 Å². The van der Waals surface area contributed by atoms with Gasteiger partial charge < -0.3 is 19.9 Å². The number of benzene rings is 1. The van der Waals surface area contributed by atoms with E-state index in [1.54, 1.807) is 24.0 Å². The number of unbranched alkanes of at least 4 members (excludes halogenated alkanes) is 1. The fourth-order valence-corrected chi connectivity index (χ4v) is 2.85. The number of rotatable bonds is 6. The first-order valence-electron chi connectivity index (χ1n) is 8.49. The zero-order chi connectivity index (χ0) is 17.5. The van der Waals surface area contributed by atoms with Crippen LogP contribution in [0.2, 0.25) is 0 Å². The SMILES string of the molecule is CCCC[C@@H]1C(=O)N(C)CCN1C(=O)NCc1ccc(OC)cc1. The number of urea groups is 1. The van der Waals surface area contributed by atoms with Gasteiger partial charge in [0.15, 0.2) is 0 Å². The average molecular weight is 333 g/mol. The van der Waals surface area contributed by atoms with Gasteiger partial charge in [0.1, 0.15) is 11.8 Å². The van der Waals surface area contributed by atoms with E-state index in [2.05, 4.69) is 12.2 Å². The lowest BCUT2D eigenvalue weighted by Gasteiger charge is -2.39. The second-order valence-electron chi connectivity index (χ2n) is 6.12. The highest BCUT2D eigenvalue weighted by Crippen LogP contribution is 2.17. The van der Waals surface area contributed by atoms with Gasteiger partial charge in [-0.1, -0.05) is 31.9 Å². The first-order chi connectivity index (χ1) is 11.6. The quantitative estimate of drug-likeness (QED) is 0.868. The molecule has 1 atom stereocenters. The van der Waals surface area contributed by atoms with Gasteiger partial charge in [-0.2, -0.15) is 0 Å². The van der Waals surface area contributed by atoms with E-state index in [0.29, 0.717) is 19.6 Å². The van der Waals surface area contributed by atoms with E-state index in [-0.39, 0.29) is 18.0 Å². The third-order valence-corrected chi connectivity index (χ3v) is 4.41. The summed E-state index contributed by atoms with van der Waals surface area (Å²) in [6.07, 6.45) is 2.66. The number of hydrogen-bond acceptors (Lipinski definition) is 3. The summed E-state index contributed by atoms with van der Waals surface area (Å²) in [5, 5.41) is 2.92. The molecule has 1 N–H and O–H groups in total. The lowest BCUT2D eigenvalue weighted by atomic mass is 10.0. The third-order valence-electron chi connectivity index (χ3n) is 4.41. The van der Waals surface area contributed by atoms with Crippen LogP contribution in [0.5, 0.6) is 5.75 Å². The van der Waals surface area contributed by atoms with Gasteiger partial charge in [0.05, 0.1) is 7.11 Å². The molecule has 0 saturated carbocycles. The molecule has 1 aliphatic heterocycles. The minimum Gasteiger partial charge on any atom is -0.497 e. The van der Waals surface area contributed by atoms with Gasteiger partial charge in [-0.05, 0) is 24.1 Å². The third kappa shape index (κ3) is 4.40. The fourth-order valence-electron chi connectivity index (χ4n) is 2.85. The summed E-state index contributed by atoms with van der Waals surface area (Å²) in [5.41, 5.74) is 0.995. The summed E-state index contributed by atoms with van der Waals surface area (Å²) in [6.45, 7) is 3.68. The summed E-state index contributed by atoms with van der Waals surface area (Å²) >= 11 is 0. The van der Waals surface area contributed by atoms with Crippen molar-refractivity contribution in [1.82, 2.24) is 15.1 Å². The lowest BCUT2D eigenvalue weighted by molar-refractivity contribution is -0.138. The van der Waals surface area contributed by atoms with Gasteiger partial charge in [0.2, 0.25) is 5.91 Å². The monoisotopic (exact) mass is 333 g/mol. The van der Waals surface area contributed by atoms with Crippen LogP contribution in [0.4, 0.5) is 4.79 Å². The Morgan fingerprint density at radius 2 is 2.00 bits per heavy atom. The van der Waals surface area contributed by atoms with Gasteiger partial charge in [0, 0.05) is 26.7 Å². The maximum absolute atomic E-state index is 12.5. The van der Waals surface area contributed by atoms with Crippen molar-refractivity contribution in [3.63, 3.8) is 0 Å². The van der Waals surface area contributed by atoms with Crippen LogP contribution in [0.3, 0.4) is 0 Å². The van der Waals surface area contributed by atoms with Gasteiger partial charge in [0.25, 0.3) is 0 Å². The first-order valence-corrected chi connectivity index (χ1v) is 8.49. The Hall–Kier alpha value is -2.24. The van der Waals surface area contributed by atoms with E-state index >= 15 is 0 Å². The van der Waals surface area contributed by atoms with Gasteiger partial charge in [-0.25, -0.2) is 4.79 Å². The zero-order valence-corrected chi connectivity index (χ0v) is 14.7. The Morgan fingerprint density at radius 1 is 1.29 bits per heavy atom. The molecule has 1 fully saturated rings. The van der Waals surface area contributed by atoms with Crippen LogP contribution in [0.25, 0.3) is 0 Å². The molecule has 1 aromatic rings. The van der Waals surface area contributed by atoms with Crippen molar-refractivity contribution in [2.75, 3.05) is 27.2 Å². The zero-order valence-electron chi connectivity index (χ0n) is 14.7. The highest BCUT2D eigenvalue weighted by Gasteiger charge is 2.35. The molecule has 6 nitrogen and oxygen atoms in total. The summed E-state index contributed by atoms with van der Waals surface area (Å²) in [7, 11) is 3.42. The van der Waals surface area contributed by atoms with Crippen LogP contribution < -0.4 is 10.1 Å². The minimum atomic E-state index is -0.348. The maximum atomic E-state index is 12.5. The van der Waals surface area contributed by atoms with Crippen molar-refractivity contribution in [2.45, 2.75) is 38.8 Å². The van der Waals surface area contributed by atoms with Crippen molar-refractivity contribution in [2.24, 2.45) is 0 Å². The Bertz CT molecular complexity index is 559. The second-order valence-corrected chi connectivity index (χ2v) is 6.12. The van der Waals surface area contributed by atoms with Crippen molar-refractivity contribution in [1.29, 1.82) is 0 Å². The van der Waals surface area contributed by atoms with E-state index in [0.717, 1.165) is 30.6 Å². The molecule has 1 saturated heterocycles. The number of ether oxygens (including phenoxy) is 1. The molecule has 132 valence electrons. The fraction of sp³-hybridized carbons (Fsp3) is 0.556. The highest BCUT2D eigenvalue weighted by molar-refractivity contribution is 5.88. The number of piperazine rings is 1. The smallest absolute Gasteiger partial charge is 0.318 e. The summed E-state index contributed by atoms with van der Waals surface area (Å²) in [5.74, 6) is 0.823. The molecule has 1 aliphatic rings. The average Bonchev–Trinajstić information content (AvgIpc) is 2.61. The minimum absolute atomic E-state index is 0.0364. The van der Waals surface area contributed by atoms with E-state index in [1.165, 1.54) is 0 Å². The number of hydrogen-bond donors (Lipinski definition) is 1. The number of likely N-dealkylation sites (N-methyl/N-ethyl adjacent to an activating group) is 1. The molecule has 0 unspecified atom stereocenters. The number of nitrogens with zero attached hydrogens (tertiary/aromatic N) is 2. The predicted octanol–water partition coefficient (Wildman–Crippen LogP) is 2.24. The van der Waals surface area contributed by atoms with E-state index < -0.39 is 0 Å². The molecule has 1 heterocycles. The van der Waals surface area contributed by atoms with Gasteiger partial charge in [-0.15, -0.1) is 0 Å². The van der Waals surface area contributed by atoms with Crippen molar-refractivity contribution in [3.05, 3.63) is 29.8 Å². The number of methoxy groups -OCH3 is 1. The van der Waals surface area contributed by atoms with E-state index in [1.807, 2.05) is 24.3 Å². The first kappa shape index (κ1) is 18.1. The number of carbonyl (C=O) groups is 2. The molecular weight excluding hydrogens is 306 g/mol. The van der Waals surface area contributed by atoms with Crippen LogP contribution in [0.1, 0.15) is 31.7 Å². The van der Waals surface area contributed by atoms with Crippen molar-refractivity contribution in [3.8, 4) is 5.75 Å². The molecule has 0 aromatic heterocycles.